The van der Waals surface area contributed by atoms with Crippen molar-refractivity contribution < 1.29 is 0 Å². The summed E-state index contributed by atoms with van der Waals surface area (Å²) in [6, 6.07) is 5.43. The Balaban J connectivity index is 2.11. The molecule has 0 atom stereocenters. The van der Waals surface area contributed by atoms with E-state index in [1.807, 2.05) is 17.5 Å². The van der Waals surface area contributed by atoms with Crippen molar-refractivity contribution >= 4 is 21.6 Å². The van der Waals surface area contributed by atoms with Crippen LogP contribution in [-0.4, -0.2) is 21.5 Å². The molecular weight excluding hydrogens is 260 g/mol. The van der Waals surface area contributed by atoms with Crippen LogP contribution in [0.15, 0.2) is 34.6 Å². The number of H-pyrrole nitrogens is 1. The van der Waals surface area contributed by atoms with Crippen LogP contribution in [0.4, 0.5) is 0 Å². The molecule has 6 heteroatoms. The van der Waals surface area contributed by atoms with Gasteiger partial charge in [0, 0.05) is 29.9 Å². The molecule has 3 N–H and O–H groups in total. The topological polar surface area (TPSA) is 84.7 Å². The minimum absolute atomic E-state index is 0.167. The molecule has 0 aliphatic rings. The van der Waals surface area contributed by atoms with Crippen LogP contribution in [-0.2, 0) is 6.42 Å². The zero-order valence-electron chi connectivity index (χ0n) is 10.1. The van der Waals surface area contributed by atoms with Crippen LogP contribution in [0.1, 0.15) is 5.69 Å². The molecule has 5 nitrogen and oxygen atoms in total. The highest BCUT2D eigenvalue weighted by Gasteiger charge is 2.06. The Kier molecular flexibility index (Phi) is 3.10. The molecule has 0 fully saturated rings. The fraction of sp³-hybridized carbons (Fsp3) is 0.154. The maximum Gasteiger partial charge on any atom is 0.251 e. The number of nitrogens with two attached hydrogens (primary N) is 1. The fourth-order valence-corrected chi connectivity index (χ4v) is 2.68. The maximum atomic E-state index is 11.6. The van der Waals surface area contributed by atoms with Gasteiger partial charge in [-0.05, 0) is 24.1 Å². The van der Waals surface area contributed by atoms with Gasteiger partial charge in [-0.25, -0.2) is 4.98 Å². The van der Waals surface area contributed by atoms with E-state index in [0.717, 1.165) is 15.8 Å². The third-order valence-corrected chi connectivity index (χ3v) is 3.62. The molecule has 19 heavy (non-hydrogen) atoms. The van der Waals surface area contributed by atoms with Gasteiger partial charge < -0.3 is 10.7 Å². The Labute approximate surface area is 113 Å². The van der Waals surface area contributed by atoms with Crippen LogP contribution in [0.25, 0.3) is 21.6 Å². The summed E-state index contributed by atoms with van der Waals surface area (Å²) in [5, 5.41) is 1.99. The summed E-state index contributed by atoms with van der Waals surface area (Å²) in [7, 11) is 0. The highest BCUT2D eigenvalue weighted by Crippen LogP contribution is 2.23. The molecule has 0 unspecified atom stereocenters. The molecule has 3 heterocycles. The highest BCUT2D eigenvalue weighted by molar-refractivity contribution is 7.17. The Morgan fingerprint density at radius 1 is 1.37 bits per heavy atom. The number of nitrogens with one attached hydrogen (secondary N) is 1. The second kappa shape index (κ2) is 4.91. The van der Waals surface area contributed by atoms with E-state index in [-0.39, 0.29) is 5.56 Å². The first-order valence-electron chi connectivity index (χ1n) is 5.90. The monoisotopic (exact) mass is 272 g/mol. The first-order valence-corrected chi connectivity index (χ1v) is 6.78. The van der Waals surface area contributed by atoms with Gasteiger partial charge in [-0.2, -0.15) is 0 Å². The molecule has 3 rings (SSSR count). The number of pyridine rings is 1. The maximum absolute atomic E-state index is 11.6. The molecule has 0 radical (unpaired) electrons. The van der Waals surface area contributed by atoms with E-state index in [2.05, 4.69) is 15.0 Å². The number of aromatic nitrogens is 3. The average molecular weight is 272 g/mol. The van der Waals surface area contributed by atoms with Crippen LogP contribution in [0.2, 0.25) is 0 Å². The van der Waals surface area contributed by atoms with Gasteiger partial charge in [-0.1, -0.05) is 0 Å². The predicted molar refractivity (Wildman–Crippen MR) is 76.2 cm³/mol. The second-order valence-electron chi connectivity index (χ2n) is 4.15. The fourth-order valence-electron chi connectivity index (χ4n) is 1.90. The van der Waals surface area contributed by atoms with Gasteiger partial charge in [0.1, 0.15) is 5.82 Å². The van der Waals surface area contributed by atoms with Crippen molar-refractivity contribution in [1.29, 1.82) is 0 Å². The van der Waals surface area contributed by atoms with Crippen molar-refractivity contribution in [2.24, 2.45) is 5.73 Å². The standard InChI is InChI=1S/C13H12N4OS/c14-3-1-9-6-12(18)17-13(16-9)8-5-11-10(15-7-8)2-4-19-11/h2,4-7H,1,3,14H2,(H,16,17,18). The summed E-state index contributed by atoms with van der Waals surface area (Å²) in [5.74, 6) is 0.541. The van der Waals surface area contributed by atoms with Crippen molar-refractivity contribution in [2.75, 3.05) is 6.54 Å². The zero-order chi connectivity index (χ0) is 13.2. The van der Waals surface area contributed by atoms with Crippen molar-refractivity contribution in [2.45, 2.75) is 6.42 Å². The minimum Gasteiger partial charge on any atom is -0.330 e. The number of fused-ring (bicyclic) bond motifs is 1. The number of hydrogen-bond acceptors (Lipinski definition) is 5. The van der Waals surface area contributed by atoms with E-state index in [1.54, 1.807) is 17.5 Å². The van der Waals surface area contributed by atoms with Crippen molar-refractivity contribution in [3.63, 3.8) is 0 Å². The summed E-state index contributed by atoms with van der Waals surface area (Å²) in [4.78, 5) is 23.1. The Morgan fingerprint density at radius 3 is 3.11 bits per heavy atom. The molecule has 0 bridgehead atoms. The second-order valence-corrected chi connectivity index (χ2v) is 5.10. The summed E-state index contributed by atoms with van der Waals surface area (Å²) < 4.78 is 1.07. The van der Waals surface area contributed by atoms with Gasteiger partial charge in [0.15, 0.2) is 0 Å². The van der Waals surface area contributed by atoms with E-state index < -0.39 is 0 Å². The van der Waals surface area contributed by atoms with E-state index in [4.69, 9.17) is 5.73 Å². The van der Waals surface area contributed by atoms with Gasteiger partial charge in [0.05, 0.1) is 10.2 Å². The van der Waals surface area contributed by atoms with Gasteiger partial charge in [-0.15, -0.1) is 11.3 Å². The number of nitrogens with zero attached hydrogens (tertiary/aromatic N) is 2. The van der Waals surface area contributed by atoms with E-state index in [9.17, 15) is 4.79 Å². The molecule has 0 saturated heterocycles. The third-order valence-electron chi connectivity index (χ3n) is 2.77. The van der Waals surface area contributed by atoms with E-state index >= 15 is 0 Å². The third kappa shape index (κ3) is 2.40. The molecule has 0 amide bonds. The van der Waals surface area contributed by atoms with Crippen LogP contribution in [0.3, 0.4) is 0 Å². The van der Waals surface area contributed by atoms with E-state index in [0.29, 0.717) is 24.5 Å². The smallest absolute Gasteiger partial charge is 0.251 e. The van der Waals surface area contributed by atoms with Gasteiger partial charge in [0.25, 0.3) is 5.56 Å². The largest absolute Gasteiger partial charge is 0.330 e. The summed E-state index contributed by atoms with van der Waals surface area (Å²) in [6.07, 6.45) is 2.31. The Bertz CT molecular complexity index is 777. The van der Waals surface area contributed by atoms with Crippen LogP contribution < -0.4 is 11.3 Å². The normalized spacial score (nSPS) is 11.0. The zero-order valence-corrected chi connectivity index (χ0v) is 10.9. The summed E-state index contributed by atoms with van der Waals surface area (Å²) >= 11 is 1.61. The number of rotatable bonds is 3. The van der Waals surface area contributed by atoms with Crippen LogP contribution in [0, 0.1) is 0 Å². The van der Waals surface area contributed by atoms with E-state index in [1.165, 1.54) is 6.07 Å². The van der Waals surface area contributed by atoms with Gasteiger partial charge in [0.2, 0.25) is 0 Å². The lowest BCUT2D eigenvalue weighted by Crippen LogP contribution is -2.13. The average Bonchev–Trinajstić information content (AvgIpc) is 2.85. The lowest BCUT2D eigenvalue weighted by molar-refractivity contribution is 0.905. The highest BCUT2D eigenvalue weighted by atomic mass is 32.1. The molecular formula is C13H12N4OS. The lowest BCUT2D eigenvalue weighted by atomic mass is 10.2. The van der Waals surface area contributed by atoms with Gasteiger partial charge >= 0.3 is 0 Å². The van der Waals surface area contributed by atoms with Crippen LogP contribution >= 0.6 is 11.3 Å². The first-order chi connectivity index (χ1) is 9.26. The van der Waals surface area contributed by atoms with Crippen molar-refractivity contribution in [3.8, 4) is 11.4 Å². The number of hydrogen-bond donors (Lipinski definition) is 2. The Morgan fingerprint density at radius 2 is 2.26 bits per heavy atom. The lowest BCUT2D eigenvalue weighted by Gasteiger charge is -2.03. The molecule has 0 aromatic carbocycles. The van der Waals surface area contributed by atoms with Gasteiger partial charge in [-0.3, -0.25) is 9.78 Å². The summed E-state index contributed by atoms with van der Waals surface area (Å²) in [5.41, 5.74) is 7.80. The molecule has 0 aliphatic heterocycles. The quantitative estimate of drug-likeness (QED) is 0.757. The predicted octanol–water partition coefficient (Wildman–Crippen LogP) is 1.55. The molecule has 0 spiro atoms. The Hall–Kier alpha value is -2.05. The number of aromatic amines is 1. The SMILES string of the molecule is NCCc1cc(=O)[nH]c(-c2cnc3ccsc3c2)n1. The van der Waals surface area contributed by atoms with Crippen molar-refractivity contribution in [1.82, 2.24) is 15.0 Å². The molecule has 3 aromatic rings. The van der Waals surface area contributed by atoms with Crippen molar-refractivity contribution in [3.05, 3.63) is 45.8 Å². The molecule has 3 aromatic heterocycles. The summed E-state index contributed by atoms with van der Waals surface area (Å²) in [6.45, 7) is 0.470. The first kappa shape index (κ1) is 12.0. The molecule has 96 valence electrons. The minimum atomic E-state index is -0.167. The van der Waals surface area contributed by atoms with Crippen LogP contribution in [0.5, 0.6) is 0 Å². The molecule has 0 saturated carbocycles. The molecule has 0 aliphatic carbocycles. The number of thiophene rings is 1.